The van der Waals surface area contributed by atoms with Gasteiger partial charge in [-0.25, -0.2) is 0 Å². The molecule has 0 atom stereocenters. The van der Waals surface area contributed by atoms with Gasteiger partial charge < -0.3 is 9.13 Å². The number of para-hydroxylation sites is 4. The van der Waals surface area contributed by atoms with Crippen molar-refractivity contribution in [2.45, 2.75) is 0 Å². The fourth-order valence-corrected chi connectivity index (χ4v) is 5.32. The van der Waals surface area contributed by atoms with Gasteiger partial charge in [0.25, 0.3) is 0 Å². The highest BCUT2D eigenvalue weighted by Crippen LogP contribution is 2.39. The van der Waals surface area contributed by atoms with Crippen molar-refractivity contribution in [1.82, 2.24) is 9.13 Å². The molecule has 5 aromatic carbocycles. The number of fused-ring (bicyclic) bond motifs is 6. The van der Waals surface area contributed by atoms with E-state index in [1.54, 1.807) is 0 Å². The second-order valence-electron chi connectivity index (χ2n) is 8.55. The lowest BCUT2D eigenvalue weighted by Gasteiger charge is -2.14. The minimum absolute atomic E-state index is 0.659. The molecule has 3 nitrogen and oxygen atoms in total. The molecule has 7 aromatic rings. The Labute approximate surface area is 196 Å². The SMILES string of the molecule is N#Cc1ccc(-n2c3ccccc3c3cccc(-n4c5ccccc5c5ccccc54)c32)cc1. The smallest absolute Gasteiger partial charge is 0.0991 e. The molecule has 2 heterocycles. The molecule has 0 unspecified atom stereocenters. The van der Waals surface area contributed by atoms with E-state index in [1.807, 2.05) is 24.3 Å². The zero-order valence-corrected chi connectivity index (χ0v) is 18.3. The molecular formula is C31H19N3. The summed E-state index contributed by atoms with van der Waals surface area (Å²) in [5.41, 5.74) is 7.51. The van der Waals surface area contributed by atoms with E-state index in [0.717, 1.165) is 22.4 Å². The van der Waals surface area contributed by atoms with E-state index in [0.29, 0.717) is 5.56 Å². The maximum absolute atomic E-state index is 9.31. The minimum atomic E-state index is 0.659. The van der Waals surface area contributed by atoms with Crippen molar-refractivity contribution in [2.24, 2.45) is 0 Å². The molecule has 2 aromatic heterocycles. The lowest BCUT2D eigenvalue weighted by Crippen LogP contribution is -2.00. The zero-order chi connectivity index (χ0) is 22.6. The second kappa shape index (κ2) is 7.10. The summed E-state index contributed by atoms with van der Waals surface area (Å²) in [6.07, 6.45) is 0. The predicted octanol–water partition coefficient (Wildman–Crippen LogP) is 7.75. The summed E-state index contributed by atoms with van der Waals surface area (Å²) >= 11 is 0. The molecule has 0 bridgehead atoms. The van der Waals surface area contributed by atoms with Crippen LogP contribution < -0.4 is 0 Å². The highest BCUT2D eigenvalue weighted by atomic mass is 15.1. The molecule has 158 valence electrons. The van der Waals surface area contributed by atoms with Crippen LogP contribution in [0.5, 0.6) is 0 Å². The Hall–Kier alpha value is -4.81. The fraction of sp³-hybridized carbons (Fsp3) is 0. The predicted molar refractivity (Wildman–Crippen MR) is 140 cm³/mol. The Morgan fingerprint density at radius 3 is 1.56 bits per heavy atom. The van der Waals surface area contributed by atoms with Crippen molar-refractivity contribution in [1.29, 1.82) is 5.26 Å². The number of benzene rings is 5. The van der Waals surface area contributed by atoms with Gasteiger partial charge in [0.15, 0.2) is 0 Å². The number of hydrogen-bond donors (Lipinski definition) is 0. The third-order valence-corrected chi connectivity index (χ3v) is 6.75. The topological polar surface area (TPSA) is 33.6 Å². The normalized spacial score (nSPS) is 11.5. The average Bonchev–Trinajstić information content (AvgIpc) is 3.42. The van der Waals surface area contributed by atoms with Crippen molar-refractivity contribution in [3.63, 3.8) is 0 Å². The Morgan fingerprint density at radius 1 is 0.471 bits per heavy atom. The van der Waals surface area contributed by atoms with Gasteiger partial charge in [0.05, 0.1) is 39.4 Å². The van der Waals surface area contributed by atoms with E-state index >= 15 is 0 Å². The van der Waals surface area contributed by atoms with Crippen molar-refractivity contribution < 1.29 is 0 Å². The van der Waals surface area contributed by atoms with Crippen LogP contribution >= 0.6 is 0 Å². The van der Waals surface area contributed by atoms with Crippen LogP contribution in [0.4, 0.5) is 0 Å². The van der Waals surface area contributed by atoms with Gasteiger partial charge in [-0.05, 0) is 48.5 Å². The largest absolute Gasteiger partial charge is 0.307 e. The average molecular weight is 434 g/mol. The van der Waals surface area contributed by atoms with Crippen LogP contribution in [0.3, 0.4) is 0 Å². The molecule has 0 spiro atoms. The Kier molecular flexibility index (Phi) is 3.91. The van der Waals surface area contributed by atoms with Crippen LogP contribution in [-0.2, 0) is 0 Å². The van der Waals surface area contributed by atoms with E-state index in [9.17, 15) is 5.26 Å². The van der Waals surface area contributed by atoms with Crippen molar-refractivity contribution in [3.8, 4) is 17.4 Å². The van der Waals surface area contributed by atoms with Gasteiger partial charge in [-0.2, -0.15) is 5.26 Å². The molecule has 0 saturated carbocycles. The summed E-state index contributed by atoms with van der Waals surface area (Å²) in [6.45, 7) is 0. The maximum Gasteiger partial charge on any atom is 0.0991 e. The molecular weight excluding hydrogens is 414 g/mol. The first kappa shape index (κ1) is 18.7. The van der Waals surface area contributed by atoms with Crippen molar-refractivity contribution in [3.05, 3.63) is 121 Å². The number of rotatable bonds is 2. The lowest BCUT2D eigenvalue weighted by atomic mass is 10.1. The van der Waals surface area contributed by atoms with Gasteiger partial charge >= 0.3 is 0 Å². The standard InChI is InChI=1S/C31H19N3/c32-20-21-16-18-22(19-17-21)33-27-12-4-3-10-25(27)26-11-7-15-30(31(26)33)34-28-13-5-1-8-23(28)24-9-2-6-14-29(24)34/h1-19H. The number of nitriles is 1. The molecule has 0 aliphatic rings. The Bertz CT molecular complexity index is 1860. The molecule has 0 amide bonds. The molecule has 3 heteroatoms. The van der Waals surface area contributed by atoms with E-state index in [4.69, 9.17) is 0 Å². The molecule has 0 N–H and O–H groups in total. The summed E-state index contributed by atoms with van der Waals surface area (Å²) in [6, 6.07) is 42.4. The highest BCUT2D eigenvalue weighted by molar-refractivity contribution is 6.14. The summed E-state index contributed by atoms with van der Waals surface area (Å²) in [7, 11) is 0. The van der Waals surface area contributed by atoms with Crippen molar-refractivity contribution in [2.75, 3.05) is 0 Å². The van der Waals surface area contributed by atoms with Crippen LogP contribution in [0, 0.1) is 11.3 Å². The second-order valence-corrected chi connectivity index (χ2v) is 8.55. The number of aromatic nitrogens is 2. The molecule has 34 heavy (non-hydrogen) atoms. The van der Waals surface area contributed by atoms with Crippen LogP contribution in [0.15, 0.2) is 115 Å². The quantitative estimate of drug-likeness (QED) is 0.274. The van der Waals surface area contributed by atoms with Gasteiger partial charge in [-0.1, -0.05) is 66.7 Å². The Balaban J connectivity index is 1.69. The van der Waals surface area contributed by atoms with Crippen LogP contribution in [-0.4, -0.2) is 9.13 Å². The maximum atomic E-state index is 9.31. The van der Waals surface area contributed by atoms with Gasteiger partial charge in [0.2, 0.25) is 0 Å². The van der Waals surface area contributed by atoms with E-state index in [2.05, 4.69) is 106 Å². The van der Waals surface area contributed by atoms with Crippen LogP contribution in [0.25, 0.3) is 55.0 Å². The number of nitrogens with zero attached hydrogens (tertiary/aromatic N) is 3. The lowest BCUT2D eigenvalue weighted by molar-refractivity contribution is 1.13. The molecule has 0 aliphatic carbocycles. The summed E-state index contributed by atoms with van der Waals surface area (Å²) in [5.74, 6) is 0. The fourth-order valence-electron chi connectivity index (χ4n) is 5.32. The summed E-state index contributed by atoms with van der Waals surface area (Å²) < 4.78 is 4.71. The third kappa shape index (κ3) is 2.51. The van der Waals surface area contributed by atoms with Gasteiger partial charge in [0, 0.05) is 27.2 Å². The molecule has 0 aliphatic heterocycles. The van der Waals surface area contributed by atoms with E-state index < -0.39 is 0 Å². The van der Waals surface area contributed by atoms with Gasteiger partial charge in [0.1, 0.15) is 0 Å². The van der Waals surface area contributed by atoms with Crippen molar-refractivity contribution >= 4 is 43.6 Å². The zero-order valence-electron chi connectivity index (χ0n) is 18.3. The first-order valence-corrected chi connectivity index (χ1v) is 11.4. The van der Waals surface area contributed by atoms with Crippen LogP contribution in [0.2, 0.25) is 0 Å². The summed E-state index contributed by atoms with van der Waals surface area (Å²) in [4.78, 5) is 0. The van der Waals surface area contributed by atoms with Gasteiger partial charge in [-0.3, -0.25) is 0 Å². The van der Waals surface area contributed by atoms with Crippen LogP contribution in [0.1, 0.15) is 5.56 Å². The van der Waals surface area contributed by atoms with Gasteiger partial charge in [-0.15, -0.1) is 0 Å². The first-order valence-electron chi connectivity index (χ1n) is 11.4. The van der Waals surface area contributed by atoms with E-state index in [1.165, 1.54) is 32.6 Å². The molecule has 0 saturated heterocycles. The molecule has 0 fully saturated rings. The highest BCUT2D eigenvalue weighted by Gasteiger charge is 2.19. The number of hydrogen-bond acceptors (Lipinski definition) is 1. The first-order chi connectivity index (χ1) is 16.8. The monoisotopic (exact) mass is 433 g/mol. The van der Waals surface area contributed by atoms with E-state index in [-0.39, 0.29) is 0 Å². The third-order valence-electron chi connectivity index (χ3n) is 6.75. The molecule has 0 radical (unpaired) electrons. The summed E-state index contributed by atoms with van der Waals surface area (Å²) in [5, 5.41) is 14.2. The minimum Gasteiger partial charge on any atom is -0.307 e. The Morgan fingerprint density at radius 2 is 0.971 bits per heavy atom. The molecule has 7 rings (SSSR count).